The fourth-order valence-electron chi connectivity index (χ4n) is 1.98. The third kappa shape index (κ3) is 3.48. The molecule has 0 radical (unpaired) electrons. The fraction of sp³-hybridized carbons (Fsp3) is 0.133. The van der Waals surface area contributed by atoms with Crippen molar-refractivity contribution in [1.82, 2.24) is 4.72 Å². The summed E-state index contributed by atoms with van der Waals surface area (Å²) >= 11 is 0. The quantitative estimate of drug-likeness (QED) is 0.886. The number of hydrogen-bond donors (Lipinski definition) is 2. The van der Waals surface area contributed by atoms with Gasteiger partial charge in [0.05, 0.1) is 4.90 Å². The number of aliphatic carboxylic acids is 1. The van der Waals surface area contributed by atoms with Gasteiger partial charge in [-0.15, -0.1) is 0 Å². The molecule has 0 aliphatic rings. The van der Waals surface area contributed by atoms with Gasteiger partial charge in [-0.05, 0) is 24.1 Å². The number of carboxylic acid groups (broad SMARTS) is 1. The highest BCUT2D eigenvalue weighted by atomic mass is 32.2. The molecule has 2 N–H and O–H groups in total. The lowest BCUT2D eigenvalue weighted by Crippen LogP contribution is -2.34. The second-order valence-corrected chi connectivity index (χ2v) is 6.25. The van der Waals surface area contributed by atoms with Gasteiger partial charge in [0, 0.05) is 0 Å². The predicted octanol–water partition coefficient (Wildman–Crippen LogP) is 2.10. The molecule has 0 saturated carbocycles. The average Bonchev–Trinajstić information content (AvgIpc) is 2.46. The van der Waals surface area contributed by atoms with Gasteiger partial charge in [0.15, 0.2) is 0 Å². The Labute approximate surface area is 123 Å². The first-order chi connectivity index (χ1) is 9.92. The van der Waals surface area contributed by atoms with Crippen LogP contribution in [0.15, 0.2) is 59.5 Å². The number of benzene rings is 2. The highest BCUT2D eigenvalue weighted by Crippen LogP contribution is 2.19. The molecule has 21 heavy (non-hydrogen) atoms. The van der Waals surface area contributed by atoms with Crippen molar-refractivity contribution in [1.29, 1.82) is 0 Å². The van der Waals surface area contributed by atoms with Crippen molar-refractivity contribution in [2.24, 2.45) is 0 Å². The summed E-state index contributed by atoms with van der Waals surface area (Å²) in [5.74, 6) is -1.25. The van der Waals surface area contributed by atoms with Gasteiger partial charge < -0.3 is 5.11 Å². The van der Waals surface area contributed by atoms with E-state index >= 15 is 0 Å². The van der Waals surface area contributed by atoms with Crippen LogP contribution in [-0.4, -0.2) is 19.5 Å². The summed E-state index contributed by atoms with van der Waals surface area (Å²) in [4.78, 5) is 11.4. The monoisotopic (exact) mass is 305 g/mol. The lowest BCUT2D eigenvalue weighted by molar-refractivity contribution is -0.139. The minimum atomic E-state index is -3.91. The molecule has 0 aliphatic heterocycles. The Morgan fingerprint density at radius 2 is 1.62 bits per heavy atom. The summed E-state index contributed by atoms with van der Waals surface area (Å²) in [7, 11) is -3.91. The van der Waals surface area contributed by atoms with Crippen molar-refractivity contribution < 1.29 is 18.3 Å². The summed E-state index contributed by atoms with van der Waals surface area (Å²) in [5.41, 5.74) is 0.935. The molecule has 1 atom stereocenters. The van der Waals surface area contributed by atoms with Gasteiger partial charge in [-0.2, -0.15) is 4.72 Å². The smallest absolute Gasteiger partial charge is 0.326 e. The number of nitrogens with one attached hydrogen (secondary N) is 1. The fourth-order valence-corrected chi connectivity index (χ4v) is 3.41. The van der Waals surface area contributed by atoms with E-state index in [1.54, 1.807) is 55.5 Å². The lowest BCUT2D eigenvalue weighted by atomic mass is 10.1. The molecule has 2 aromatic carbocycles. The van der Waals surface area contributed by atoms with Gasteiger partial charge in [-0.25, -0.2) is 8.42 Å². The third-order valence-corrected chi connectivity index (χ3v) is 4.62. The van der Waals surface area contributed by atoms with E-state index in [0.29, 0.717) is 11.1 Å². The molecule has 5 nitrogen and oxygen atoms in total. The molecule has 0 saturated heterocycles. The zero-order valence-corrected chi connectivity index (χ0v) is 12.2. The Morgan fingerprint density at radius 3 is 2.19 bits per heavy atom. The van der Waals surface area contributed by atoms with E-state index in [-0.39, 0.29) is 4.90 Å². The molecule has 6 heteroatoms. The first kappa shape index (κ1) is 15.2. The van der Waals surface area contributed by atoms with Crippen LogP contribution in [0.1, 0.15) is 17.2 Å². The number of aryl methyl sites for hydroxylation is 1. The highest BCUT2D eigenvalue weighted by Gasteiger charge is 2.27. The van der Waals surface area contributed by atoms with E-state index in [4.69, 9.17) is 0 Å². The van der Waals surface area contributed by atoms with Crippen molar-refractivity contribution in [3.63, 3.8) is 0 Å². The van der Waals surface area contributed by atoms with Crippen LogP contribution in [0.25, 0.3) is 0 Å². The van der Waals surface area contributed by atoms with Gasteiger partial charge >= 0.3 is 5.97 Å². The van der Waals surface area contributed by atoms with Gasteiger partial charge in [0.25, 0.3) is 0 Å². The SMILES string of the molecule is Cc1ccccc1S(=O)(=O)N[C@H](C(=O)O)c1ccccc1. The molecule has 110 valence electrons. The molecule has 0 aliphatic carbocycles. The molecule has 0 amide bonds. The lowest BCUT2D eigenvalue weighted by Gasteiger charge is -2.16. The Morgan fingerprint density at radius 1 is 1.05 bits per heavy atom. The van der Waals surface area contributed by atoms with E-state index in [2.05, 4.69) is 4.72 Å². The van der Waals surface area contributed by atoms with Crippen molar-refractivity contribution in [2.75, 3.05) is 0 Å². The number of sulfonamides is 1. The summed E-state index contributed by atoms with van der Waals surface area (Å²) in [6.07, 6.45) is 0. The van der Waals surface area contributed by atoms with Crippen LogP contribution in [0.2, 0.25) is 0 Å². The number of carboxylic acids is 1. The van der Waals surface area contributed by atoms with Crippen LogP contribution in [-0.2, 0) is 14.8 Å². The van der Waals surface area contributed by atoms with Crippen LogP contribution in [0.4, 0.5) is 0 Å². The van der Waals surface area contributed by atoms with E-state index in [0.717, 1.165) is 0 Å². The molecule has 0 spiro atoms. The molecule has 2 aromatic rings. The van der Waals surface area contributed by atoms with Crippen LogP contribution >= 0.6 is 0 Å². The van der Waals surface area contributed by atoms with Crippen LogP contribution in [0.3, 0.4) is 0 Å². The predicted molar refractivity (Wildman–Crippen MR) is 78.3 cm³/mol. The van der Waals surface area contributed by atoms with E-state index < -0.39 is 22.0 Å². The van der Waals surface area contributed by atoms with Gasteiger partial charge in [0.1, 0.15) is 6.04 Å². The molecule has 0 aromatic heterocycles. The summed E-state index contributed by atoms with van der Waals surface area (Å²) in [6.45, 7) is 1.66. The topological polar surface area (TPSA) is 83.5 Å². The van der Waals surface area contributed by atoms with Crippen molar-refractivity contribution in [3.8, 4) is 0 Å². The normalized spacial score (nSPS) is 12.8. The Bertz CT molecular complexity index is 741. The maximum Gasteiger partial charge on any atom is 0.326 e. The molecule has 0 fully saturated rings. The average molecular weight is 305 g/mol. The van der Waals surface area contributed by atoms with E-state index in [9.17, 15) is 18.3 Å². The molecular weight excluding hydrogens is 290 g/mol. The number of hydrogen-bond acceptors (Lipinski definition) is 3. The first-order valence-corrected chi connectivity index (χ1v) is 7.76. The van der Waals surface area contributed by atoms with Crippen molar-refractivity contribution in [3.05, 3.63) is 65.7 Å². The maximum absolute atomic E-state index is 12.4. The van der Waals surface area contributed by atoms with Crippen molar-refractivity contribution in [2.45, 2.75) is 17.9 Å². The summed E-state index contributed by atoms with van der Waals surface area (Å²) < 4.78 is 27.0. The second-order valence-electron chi connectivity index (χ2n) is 4.57. The van der Waals surface area contributed by atoms with Gasteiger partial charge in [0.2, 0.25) is 10.0 Å². The van der Waals surface area contributed by atoms with Crippen LogP contribution in [0.5, 0.6) is 0 Å². The van der Waals surface area contributed by atoms with Crippen molar-refractivity contribution >= 4 is 16.0 Å². The molecular formula is C15H15NO4S. The minimum Gasteiger partial charge on any atom is -0.480 e. The minimum absolute atomic E-state index is 0.0761. The molecule has 0 bridgehead atoms. The third-order valence-electron chi connectivity index (χ3n) is 3.04. The standard InChI is InChI=1S/C15H15NO4S/c1-11-7-5-6-10-13(11)21(19,20)16-14(15(17)18)12-8-3-2-4-9-12/h2-10,14,16H,1H3,(H,17,18)/t14-/m0/s1. The molecule has 2 rings (SSSR count). The highest BCUT2D eigenvalue weighted by molar-refractivity contribution is 7.89. The van der Waals surface area contributed by atoms with Gasteiger partial charge in [-0.3, -0.25) is 4.79 Å². The zero-order valence-electron chi connectivity index (χ0n) is 11.4. The number of carbonyl (C=O) groups is 1. The summed E-state index contributed by atoms with van der Waals surface area (Å²) in [5, 5.41) is 9.28. The number of rotatable bonds is 5. The Hall–Kier alpha value is -2.18. The largest absolute Gasteiger partial charge is 0.480 e. The first-order valence-electron chi connectivity index (χ1n) is 6.27. The summed E-state index contributed by atoms with van der Waals surface area (Å²) in [6, 6.07) is 13.3. The Balaban J connectivity index is 2.38. The molecule has 0 unspecified atom stereocenters. The second kappa shape index (κ2) is 6.07. The van der Waals surface area contributed by atoms with E-state index in [1.165, 1.54) is 6.07 Å². The van der Waals surface area contributed by atoms with Gasteiger partial charge in [-0.1, -0.05) is 48.5 Å². The van der Waals surface area contributed by atoms with Crippen LogP contribution < -0.4 is 4.72 Å². The van der Waals surface area contributed by atoms with E-state index in [1.807, 2.05) is 0 Å². The van der Waals surface area contributed by atoms with Crippen LogP contribution in [0, 0.1) is 6.92 Å². The zero-order chi connectivity index (χ0) is 15.5. The maximum atomic E-state index is 12.4. The molecule has 0 heterocycles. The Kier molecular flexibility index (Phi) is 4.40.